The van der Waals surface area contributed by atoms with Gasteiger partial charge in [-0.25, -0.2) is 0 Å². The molecular weight excluding hydrogens is 263 g/mol. The average molecular weight is 285 g/mol. The largest absolute Gasteiger partial charge is 0.416 e. The summed E-state index contributed by atoms with van der Waals surface area (Å²) in [7, 11) is 1.94. The molecule has 1 N–H and O–H groups in total. The van der Waals surface area contributed by atoms with Crippen LogP contribution in [0.2, 0.25) is 0 Å². The number of alkyl halides is 3. The maximum absolute atomic E-state index is 12.7. The molecule has 0 bridgehead atoms. The predicted molar refractivity (Wildman–Crippen MR) is 74.5 cm³/mol. The fourth-order valence-electron chi connectivity index (χ4n) is 3.28. The van der Waals surface area contributed by atoms with Gasteiger partial charge in [-0.2, -0.15) is 13.2 Å². The highest BCUT2D eigenvalue weighted by Gasteiger charge is 2.31. The zero-order valence-electron chi connectivity index (χ0n) is 12.0. The molecular formula is C16H22F3N. The Kier molecular flexibility index (Phi) is 4.74. The minimum atomic E-state index is -4.25. The molecule has 4 heteroatoms. The molecule has 1 aromatic rings. The maximum Gasteiger partial charge on any atom is 0.416 e. The summed E-state index contributed by atoms with van der Waals surface area (Å²) in [6.45, 7) is 2.23. The lowest BCUT2D eigenvalue weighted by Crippen LogP contribution is -2.39. The van der Waals surface area contributed by atoms with E-state index in [0.717, 1.165) is 30.9 Å². The average Bonchev–Trinajstić information content (AvgIpc) is 2.38. The molecule has 1 aliphatic carbocycles. The Morgan fingerprint density at radius 1 is 1.25 bits per heavy atom. The van der Waals surface area contributed by atoms with Crippen LogP contribution < -0.4 is 5.32 Å². The molecule has 1 nitrogen and oxygen atoms in total. The fraction of sp³-hybridized carbons (Fsp3) is 0.625. The second-order valence-corrected chi connectivity index (χ2v) is 5.98. The Labute approximate surface area is 118 Å². The van der Waals surface area contributed by atoms with Gasteiger partial charge in [-0.3, -0.25) is 0 Å². The standard InChI is InChI=1S/C16H22F3N/c1-11-6-7-15(20-2)13(8-11)9-12-4-3-5-14(10-12)16(17,18)19/h3-5,10-11,13,15,20H,6-9H2,1-2H3. The zero-order chi connectivity index (χ0) is 14.8. The van der Waals surface area contributed by atoms with Crippen molar-refractivity contribution in [3.8, 4) is 0 Å². The monoisotopic (exact) mass is 285 g/mol. The molecule has 20 heavy (non-hydrogen) atoms. The molecule has 1 aromatic carbocycles. The van der Waals surface area contributed by atoms with E-state index in [1.165, 1.54) is 18.6 Å². The van der Waals surface area contributed by atoms with Gasteiger partial charge in [0.15, 0.2) is 0 Å². The van der Waals surface area contributed by atoms with E-state index in [1.807, 2.05) is 7.05 Å². The number of nitrogens with one attached hydrogen (secondary N) is 1. The number of rotatable bonds is 3. The highest BCUT2D eigenvalue weighted by Crippen LogP contribution is 2.33. The van der Waals surface area contributed by atoms with Crippen LogP contribution in [0.3, 0.4) is 0 Å². The Morgan fingerprint density at radius 3 is 2.65 bits per heavy atom. The molecule has 3 unspecified atom stereocenters. The van der Waals surface area contributed by atoms with Crippen LogP contribution in [0.4, 0.5) is 13.2 Å². The molecule has 112 valence electrons. The van der Waals surface area contributed by atoms with Gasteiger partial charge < -0.3 is 5.32 Å². The summed E-state index contributed by atoms with van der Waals surface area (Å²) < 4.78 is 38.2. The van der Waals surface area contributed by atoms with Crippen molar-refractivity contribution in [3.63, 3.8) is 0 Å². The van der Waals surface area contributed by atoms with Crippen molar-refractivity contribution < 1.29 is 13.2 Å². The second kappa shape index (κ2) is 6.17. The second-order valence-electron chi connectivity index (χ2n) is 5.98. The van der Waals surface area contributed by atoms with Gasteiger partial charge >= 0.3 is 6.18 Å². The van der Waals surface area contributed by atoms with Crippen LogP contribution in [0.5, 0.6) is 0 Å². The molecule has 0 heterocycles. The van der Waals surface area contributed by atoms with E-state index < -0.39 is 11.7 Å². The number of benzene rings is 1. The van der Waals surface area contributed by atoms with Crippen molar-refractivity contribution in [2.45, 2.75) is 44.8 Å². The topological polar surface area (TPSA) is 12.0 Å². The van der Waals surface area contributed by atoms with E-state index >= 15 is 0 Å². The smallest absolute Gasteiger partial charge is 0.317 e. The fourth-order valence-corrected chi connectivity index (χ4v) is 3.28. The molecule has 1 aliphatic rings. The first-order valence-electron chi connectivity index (χ1n) is 7.23. The number of hydrogen-bond acceptors (Lipinski definition) is 1. The Hall–Kier alpha value is -1.03. The van der Waals surface area contributed by atoms with E-state index in [0.29, 0.717) is 17.9 Å². The summed E-state index contributed by atoms with van der Waals surface area (Å²) in [5.41, 5.74) is 0.249. The van der Waals surface area contributed by atoms with Crippen LogP contribution in [0.15, 0.2) is 24.3 Å². The van der Waals surface area contributed by atoms with Crippen LogP contribution in [0, 0.1) is 11.8 Å². The molecule has 3 atom stereocenters. The summed E-state index contributed by atoms with van der Waals surface area (Å²) in [5, 5.41) is 3.32. The van der Waals surface area contributed by atoms with Gasteiger partial charge in [-0.15, -0.1) is 0 Å². The molecule has 0 amide bonds. The Bertz CT molecular complexity index is 442. The zero-order valence-corrected chi connectivity index (χ0v) is 12.0. The summed E-state index contributed by atoms with van der Waals surface area (Å²) in [6, 6.07) is 6.18. The van der Waals surface area contributed by atoms with Gasteiger partial charge in [0, 0.05) is 6.04 Å². The molecule has 0 aromatic heterocycles. The maximum atomic E-state index is 12.7. The van der Waals surface area contributed by atoms with E-state index in [9.17, 15) is 13.2 Å². The van der Waals surface area contributed by atoms with Gasteiger partial charge in [0.25, 0.3) is 0 Å². The molecule has 0 saturated heterocycles. The van der Waals surface area contributed by atoms with Crippen LogP contribution in [0.25, 0.3) is 0 Å². The van der Waals surface area contributed by atoms with Gasteiger partial charge in [0.2, 0.25) is 0 Å². The van der Waals surface area contributed by atoms with Crippen molar-refractivity contribution >= 4 is 0 Å². The molecule has 1 saturated carbocycles. The molecule has 0 spiro atoms. The Balaban J connectivity index is 2.12. The third-order valence-electron chi connectivity index (χ3n) is 4.37. The Morgan fingerprint density at radius 2 is 2.00 bits per heavy atom. The predicted octanol–water partition coefficient (Wildman–Crippen LogP) is 4.27. The van der Waals surface area contributed by atoms with Gasteiger partial charge in [-0.1, -0.05) is 25.1 Å². The van der Waals surface area contributed by atoms with Crippen molar-refractivity contribution in [1.82, 2.24) is 5.32 Å². The lowest BCUT2D eigenvalue weighted by molar-refractivity contribution is -0.137. The lowest BCUT2D eigenvalue weighted by atomic mass is 9.76. The summed E-state index contributed by atoms with van der Waals surface area (Å²) in [6.07, 6.45) is -0.133. The van der Waals surface area contributed by atoms with Gasteiger partial charge in [0.1, 0.15) is 0 Å². The summed E-state index contributed by atoms with van der Waals surface area (Å²) in [4.78, 5) is 0. The van der Waals surface area contributed by atoms with Crippen molar-refractivity contribution in [3.05, 3.63) is 35.4 Å². The third-order valence-corrected chi connectivity index (χ3v) is 4.37. The lowest BCUT2D eigenvalue weighted by Gasteiger charge is -2.35. The number of halogens is 3. The summed E-state index contributed by atoms with van der Waals surface area (Å²) in [5.74, 6) is 1.09. The first-order valence-corrected chi connectivity index (χ1v) is 7.23. The van der Waals surface area contributed by atoms with Crippen LogP contribution >= 0.6 is 0 Å². The normalized spacial score (nSPS) is 27.6. The quantitative estimate of drug-likeness (QED) is 0.874. The minimum Gasteiger partial charge on any atom is -0.317 e. The molecule has 0 radical (unpaired) electrons. The van der Waals surface area contributed by atoms with Crippen molar-refractivity contribution in [1.29, 1.82) is 0 Å². The van der Waals surface area contributed by atoms with E-state index in [2.05, 4.69) is 12.2 Å². The van der Waals surface area contributed by atoms with E-state index in [-0.39, 0.29) is 0 Å². The van der Waals surface area contributed by atoms with Crippen LogP contribution in [-0.4, -0.2) is 13.1 Å². The number of hydrogen-bond donors (Lipinski definition) is 1. The first-order chi connectivity index (χ1) is 9.40. The van der Waals surface area contributed by atoms with E-state index in [1.54, 1.807) is 6.07 Å². The SMILES string of the molecule is CNC1CCC(C)CC1Cc1cccc(C(F)(F)F)c1. The third kappa shape index (κ3) is 3.75. The van der Waals surface area contributed by atoms with Gasteiger partial charge in [-0.05, 0) is 56.2 Å². The summed E-state index contributed by atoms with van der Waals surface area (Å²) >= 11 is 0. The van der Waals surface area contributed by atoms with Crippen LogP contribution in [0.1, 0.15) is 37.3 Å². The molecule has 2 rings (SSSR count). The van der Waals surface area contributed by atoms with Gasteiger partial charge in [0.05, 0.1) is 5.56 Å². The van der Waals surface area contributed by atoms with Crippen molar-refractivity contribution in [2.75, 3.05) is 7.05 Å². The van der Waals surface area contributed by atoms with Crippen molar-refractivity contribution in [2.24, 2.45) is 11.8 Å². The van der Waals surface area contributed by atoms with E-state index in [4.69, 9.17) is 0 Å². The highest BCUT2D eigenvalue weighted by molar-refractivity contribution is 5.26. The van der Waals surface area contributed by atoms with Crippen LogP contribution in [-0.2, 0) is 12.6 Å². The highest BCUT2D eigenvalue weighted by atomic mass is 19.4. The first kappa shape index (κ1) is 15.4. The molecule has 0 aliphatic heterocycles. The minimum absolute atomic E-state index is 0.417. The molecule has 1 fully saturated rings.